The molecule has 0 saturated heterocycles. The maximum absolute atomic E-state index is 5.73. The quantitative estimate of drug-likeness (QED) is 0.842. The number of pyridine rings is 1. The van der Waals surface area contributed by atoms with Crippen molar-refractivity contribution in [1.29, 1.82) is 0 Å². The average Bonchev–Trinajstić information content (AvgIpc) is 2.40. The number of hydrogen-bond acceptors (Lipinski definition) is 4. The summed E-state index contributed by atoms with van der Waals surface area (Å²) in [5.41, 5.74) is 3.03. The highest BCUT2D eigenvalue weighted by Crippen LogP contribution is 2.08. The Bertz CT molecular complexity index is 527. The van der Waals surface area contributed by atoms with Gasteiger partial charge in [-0.05, 0) is 25.6 Å². The molecule has 2 heterocycles. The Labute approximate surface area is 118 Å². The van der Waals surface area contributed by atoms with Crippen molar-refractivity contribution in [3.8, 4) is 0 Å². The van der Waals surface area contributed by atoms with E-state index in [1.807, 2.05) is 25.1 Å². The Morgan fingerprint density at radius 1 is 1.11 bits per heavy atom. The largest absolute Gasteiger partial charge is 0.292 e. The molecule has 0 radical (unpaired) electrons. The maximum atomic E-state index is 5.73. The molecule has 0 saturated carbocycles. The summed E-state index contributed by atoms with van der Waals surface area (Å²) in [4.78, 5) is 15.1. The van der Waals surface area contributed by atoms with Crippen LogP contribution in [0.5, 0.6) is 0 Å². The summed E-state index contributed by atoms with van der Waals surface area (Å²) in [6, 6.07) is 6.08. The molecule has 19 heavy (non-hydrogen) atoms. The van der Waals surface area contributed by atoms with E-state index in [4.69, 9.17) is 11.6 Å². The van der Waals surface area contributed by atoms with Gasteiger partial charge in [0.2, 0.25) is 0 Å². The van der Waals surface area contributed by atoms with E-state index < -0.39 is 0 Å². The average molecular weight is 277 g/mol. The normalized spacial score (nSPS) is 10.9. The van der Waals surface area contributed by atoms with Gasteiger partial charge in [-0.2, -0.15) is 0 Å². The van der Waals surface area contributed by atoms with Gasteiger partial charge in [0.05, 0.1) is 23.8 Å². The Morgan fingerprint density at radius 3 is 2.53 bits per heavy atom. The molecule has 0 bridgehead atoms. The van der Waals surface area contributed by atoms with Crippen LogP contribution in [0.15, 0.2) is 30.6 Å². The summed E-state index contributed by atoms with van der Waals surface area (Å²) in [7, 11) is 0. The van der Waals surface area contributed by atoms with Gasteiger partial charge in [0.1, 0.15) is 5.15 Å². The summed E-state index contributed by atoms with van der Waals surface area (Å²) in [5.74, 6) is 0. The maximum Gasteiger partial charge on any atom is 0.147 e. The van der Waals surface area contributed by atoms with E-state index in [0.717, 1.165) is 36.7 Å². The predicted octanol–water partition coefficient (Wildman–Crippen LogP) is 2.86. The van der Waals surface area contributed by atoms with Crippen molar-refractivity contribution in [2.75, 3.05) is 6.54 Å². The van der Waals surface area contributed by atoms with Crippen LogP contribution in [0.1, 0.15) is 24.0 Å². The van der Waals surface area contributed by atoms with Crippen LogP contribution < -0.4 is 0 Å². The monoisotopic (exact) mass is 276 g/mol. The lowest BCUT2D eigenvalue weighted by Crippen LogP contribution is -2.23. The number of aryl methyl sites for hydroxylation is 1. The molecule has 0 N–H and O–H groups in total. The highest BCUT2D eigenvalue weighted by Gasteiger charge is 2.07. The van der Waals surface area contributed by atoms with Crippen molar-refractivity contribution in [3.05, 3.63) is 52.8 Å². The first-order chi connectivity index (χ1) is 9.17. The zero-order valence-corrected chi connectivity index (χ0v) is 11.9. The summed E-state index contributed by atoms with van der Waals surface area (Å²) < 4.78 is 0. The van der Waals surface area contributed by atoms with E-state index in [9.17, 15) is 0 Å². The van der Waals surface area contributed by atoms with E-state index in [2.05, 4.69) is 26.8 Å². The first kappa shape index (κ1) is 13.9. The fourth-order valence-corrected chi connectivity index (χ4v) is 1.94. The second-order valence-corrected chi connectivity index (χ2v) is 4.79. The minimum Gasteiger partial charge on any atom is -0.292 e. The summed E-state index contributed by atoms with van der Waals surface area (Å²) in [6.45, 7) is 6.61. The topological polar surface area (TPSA) is 41.9 Å². The van der Waals surface area contributed by atoms with Crippen LogP contribution in [0.3, 0.4) is 0 Å². The molecule has 0 spiro atoms. The Hall–Kier alpha value is -1.52. The van der Waals surface area contributed by atoms with Gasteiger partial charge in [-0.1, -0.05) is 24.6 Å². The zero-order chi connectivity index (χ0) is 13.7. The first-order valence-corrected chi connectivity index (χ1v) is 6.66. The molecule has 0 aliphatic heterocycles. The van der Waals surface area contributed by atoms with Crippen molar-refractivity contribution in [2.24, 2.45) is 0 Å². The molecule has 5 heteroatoms. The van der Waals surface area contributed by atoms with Gasteiger partial charge in [-0.25, -0.2) is 4.98 Å². The SMILES string of the molecule is CCN(Cc1cnc(Cl)cn1)Cc1cccc(C)n1. The van der Waals surface area contributed by atoms with Gasteiger partial charge >= 0.3 is 0 Å². The third kappa shape index (κ3) is 4.26. The lowest BCUT2D eigenvalue weighted by Gasteiger charge is -2.19. The van der Waals surface area contributed by atoms with Gasteiger partial charge in [0.25, 0.3) is 0 Å². The third-order valence-electron chi connectivity index (χ3n) is 2.84. The van der Waals surface area contributed by atoms with Gasteiger partial charge in [0.15, 0.2) is 0 Å². The number of halogens is 1. The molecule has 0 amide bonds. The molecule has 2 aromatic rings. The molecule has 0 fully saturated rings. The van der Waals surface area contributed by atoms with Gasteiger partial charge < -0.3 is 0 Å². The van der Waals surface area contributed by atoms with E-state index >= 15 is 0 Å². The third-order valence-corrected chi connectivity index (χ3v) is 3.03. The van der Waals surface area contributed by atoms with Crippen LogP contribution >= 0.6 is 11.6 Å². The minimum absolute atomic E-state index is 0.423. The van der Waals surface area contributed by atoms with Crippen molar-refractivity contribution in [2.45, 2.75) is 26.9 Å². The predicted molar refractivity (Wildman–Crippen MR) is 75.8 cm³/mol. The van der Waals surface area contributed by atoms with Gasteiger partial charge in [0, 0.05) is 18.8 Å². The molecule has 2 aromatic heterocycles. The van der Waals surface area contributed by atoms with E-state index in [-0.39, 0.29) is 0 Å². The first-order valence-electron chi connectivity index (χ1n) is 6.28. The molecule has 0 aliphatic rings. The number of nitrogens with zero attached hydrogens (tertiary/aromatic N) is 4. The molecule has 2 rings (SSSR count). The van der Waals surface area contributed by atoms with Crippen LogP contribution in [0.4, 0.5) is 0 Å². The standard InChI is InChI=1S/C14H17ClN4/c1-3-19(9-12-6-4-5-11(2)18-12)10-13-7-17-14(15)8-16-13/h4-8H,3,9-10H2,1-2H3. The van der Waals surface area contributed by atoms with Gasteiger partial charge in [-0.3, -0.25) is 14.9 Å². The van der Waals surface area contributed by atoms with E-state index in [1.165, 1.54) is 0 Å². The fourth-order valence-electron chi connectivity index (χ4n) is 1.85. The van der Waals surface area contributed by atoms with Gasteiger partial charge in [-0.15, -0.1) is 0 Å². The van der Waals surface area contributed by atoms with Crippen molar-refractivity contribution in [1.82, 2.24) is 19.9 Å². The lowest BCUT2D eigenvalue weighted by atomic mass is 10.3. The summed E-state index contributed by atoms with van der Waals surface area (Å²) in [6.07, 6.45) is 3.30. The van der Waals surface area contributed by atoms with Crippen LogP contribution in [0, 0.1) is 6.92 Å². The van der Waals surface area contributed by atoms with Crippen molar-refractivity contribution in [3.63, 3.8) is 0 Å². The Kier molecular flexibility index (Phi) is 4.82. The summed E-state index contributed by atoms with van der Waals surface area (Å²) >= 11 is 5.73. The van der Waals surface area contributed by atoms with Crippen LogP contribution in [-0.4, -0.2) is 26.4 Å². The van der Waals surface area contributed by atoms with Crippen LogP contribution in [0.25, 0.3) is 0 Å². The Balaban J connectivity index is 2.02. The zero-order valence-electron chi connectivity index (χ0n) is 11.2. The molecule has 0 unspecified atom stereocenters. The van der Waals surface area contributed by atoms with Crippen molar-refractivity contribution < 1.29 is 0 Å². The number of rotatable bonds is 5. The lowest BCUT2D eigenvalue weighted by molar-refractivity contribution is 0.264. The number of hydrogen-bond donors (Lipinski definition) is 0. The molecular weight excluding hydrogens is 260 g/mol. The van der Waals surface area contributed by atoms with E-state index in [1.54, 1.807) is 12.4 Å². The molecular formula is C14H17ClN4. The smallest absolute Gasteiger partial charge is 0.147 e. The fraction of sp³-hybridized carbons (Fsp3) is 0.357. The molecule has 0 aliphatic carbocycles. The minimum atomic E-state index is 0.423. The highest BCUT2D eigenvalue weighted by molar-refractivity contribution is 6.29. The molecule has 4 nitrogen and oxygen atoms in total. The molecule has 0 atom stereocenters. The summed E-state index contributed by atoms with van der Waals surface area (Å²) in [5, 5.41) is 0.423. The Morgan fingerprint density at radius 2 is 1.89 bits per heavy atom. The number of aromatic nitrogens is 3. The van der Waals surface area contributed by atoms with Crippen LogP contribution in [0.2, 0.25) is 5.15 Å². The molecule has 100 valence electrons. The second-order valence-electron chi connectivity index (χ2n) is 4.40. The molecule has 0 aromatic carbocycles. The van der Waals surface area contributed by atoms with E-state index in [0.29, 0.717) is 5.15 Å². The second kappa shape index (κ2) is 6.59. The van der Waals surface area contributed by atoms with Crippen LogP contribution in [-0.2, 0) is 13.1 Å². The highest BCUT2D eigenvalue weighted by atomic mass is 35.5. The van der Waals surface area contributed by atoms with Crippen molar-refractivity contribution >= 4 is 11.6 Å².